The van der Waals surface area contributed by atoms with Crippen LogP contribution >= 0.6 is 0 Å². The van der Waals surface area contributed by atoms with E-state index in [1.807, 2.05) is 30.3 Å². The summed E-state index contributed by atoms with van der Waals surface area (Å²) >= 11 is 0. The molecule has 9 nitrogen and oxygen atoms in total. The number of ether oxygens (including phenoxy) is 1. The number of urea groups is 1. The first kappa shape index (κ1) is 23.5. The lowest BCUT2D eigenvalue weighted by atomic mass is 10.0. The average molecular weight is 473 g/mol. The SMILES string of the molecule is O=C(NC(=O)c1ccccc1OCc1ccccc1)NC(C(=O)NC1CNC1=O)c1ccccc1. The summed E-state index contributed by atoms with van der Waals surface area (Å²) in [7, 11) is 0. The first-order valence-corrected chi connectivity index (χ1v) is 11.0. The number of para-hydroxylation sites is 1. The predicted molar refractivity (Wildman–Crippen MR) is 127 cm³/mol. The zero-order valence-corrected chi connectivity index (χ0v) is 18.7. The van der Waals surface area contributed by atoms with E-state index < -0.39 is 29.9 Å². The van der Waals surface area contributed by atoms with Crippen LogP contribution in [-0.2, 0) is 16.2 Å². The zero-order valence-electron chi connectivity index (χ0n) is 18.7. The Morgan fingerprint density at radius 1 is 0.914 bits per heavy atom. The number of carbonyl (C=O) groups excluding carboxylic acids is 4. The Morgan fingerprint density at radius 3 is 2.23 bits per heavy atom. The number of benzene rings is 3. The molecule has 9 heteroatoms. The minimum Gasteiger partial charge on any atom is -0.488 e. The molecule has 0 saturated carbocycles. The Balaban J connectivity index is 1.42. The van der Waals surface area contributed by atoms with Gasteiger partial charge in [0.15, 0.2) is 0 Å². The molecule has 1 saturated heterocycles. The maximum absolute atomic E-state index is 12.8. The van der Waals surface area contributed by atoms with Crippen molar-refractivity contribution in [2.45, 2.75) is 18.7 Å². The Bertz CT molecular complexity index is 1220. The molecule has 1 aliphatic rings. The summed E-state index contributed by atoms with van der Waals surface area (Å²) in [4.78, 5) is 49.9. The number of hydrogen-bond acceptors (Lipinski definition) is 5. The van der Waals surface area contributed by atoms with Gasteiger partial charge in [-0.3, -0.25) is 19.7 Å². The van der Waals surface area contributed by atoms with E-state index in [9.17, 15) is 19.2 Å². The normalized spacial score (nSPS) is 15.1. The Kier molecular flexibility index (Phi) is 7.37. The molecule has 3 aromatic carbocycles. The van der Waals surface area contributed by atoms with Crippen LogP contribution in [0.4, 0.5) is 4.79 Å². The van der Waals surface area contributed by atoms with Gasteiger partial charge < -0.3 is 20.7 Å². The van der Waals surface area contributed by atoms with E-state index in [2.05, 4.69) is 21.3 Å². The van der Waals surface area contributed by atoms with E-state index >= 15 is 0 Å². The molecule has 2 atom stereocenters. The summed E-state index contributed by atoms with van der Waals surface area (Å²) in [5.41, 5.74) is 1.60. The monoisotopic (exact) mass is 472 g/mol. The topological polar surface area (TPSA) is 126 Å². The minimum absolute atomic E-state index is 0.172. The highest BCUT2D eigenvalue weighted by atomic mass is 16.5. The molecule has 2 unspecified atom stereocenters. The van der Waals surface area contributed by atoms with Gasteiger partial charge in [-0.05, 0) is 23.3 Å². The lowest BCUT2D eigenvalue weighted by Gasteiger charge is -2.29. The molecule has 5 amide bonds. The molecule has 0 radical (unpaired) electrons. The van der Waals surface area contributed by atoms with Gasteiger partial charge in [-0.25, -0.2) is 4.79 Å². The largest absolute Gasteiger partial charge is 0.488 e. The molecule has 1 fully saturated rings. The Morgan fingerprint density at radius 2 is 1.57 bits per heavy atom. The van der Waals surface area contributed by atoms with Crippen molar-refractivity contribution in [2.24, 2.45) is 0 Å². The summed E-state index contributed by atoms with van der Waals surface area (Å²) in [6.07, 6.45) is 0. The summed E-state index contributed by atoms with van der Waals surface area (Å²) in [6.45, 7) is 0.568. The van der Waals surface area contributed by atoms with E-state index in [4.69, 9.17) is 4.74 Å². The second-order valence-corrected chi connectivity index (χ2v) is 7.85. The van der Waals surface area contributed by atoms with E-state index in [-0.39, 0.29) is 18.1 Å². The number of β-lactam (4-membered cyclic amide) rings is 1. The number of amides is 5. The highest BCUT2D eigenvalue weighted by molar-refractivity contribution is 6.06. The van der Waals surface area contributed by atoms with Crippen LogP contribution in [0.1, 0.15) is 27.5 Å². The van der Waals surface area contributed by atoms with Gasteiger partial charge in [0.25, 0.3) is 5.91 Å². The fourth-order valence-electron chi connectivity index (χ4n) is 3.46. The molecule has 4 rings (SSSR count). The van der Waals surface area contributed by atoms with Crippen LogP contribution in [0.2, 0.25) is 0 Å². The summed E-state index contributed by atoms with van der Waals surface area (Å²) in [6, 6.07) is 21.9. The predicted octanol–water partition coefficient (Wildman–Crippen LogP) is 2.06. The van der Waals surface area contributed by atoms with Gasteiger partial charge in [0.2, 0.25) is 11.8 Å². The average Bonchev–Trinajstić information content (AvgIpc) is 2.89. The maximum atomic E-state index is 12.8. The lowest BCUT2D eigenvalue weighted by Crippen LogP contribution is -2.63. The highest BCUT2D eigenvalue weighted by Crippen LogP contribution is 2.20. The van der Waals surface area contributed by atoms with Crippen LogP contribution in [0.25, 0.3) is 0 Å². The van der Waals surface area contributed by atoms with Crippen molar-refractivity contribution >= 4 is 23.8 Å². The fraction of sp³-hybridized carbons (Fsp3) is 0.154. The van der Waals surface area contributed by atoms with Crippen LogP contribution < -0.4 is 26.0 Å². The second-order valence-electron chi connectivity index (χ2n) is 7.85. The molecule has 0 spiro atoms. The Labute approximate surface area is 201 Å². The number of carbonyl (C=O) groups is 4. The zero-order chi connectivity index (χ0) is 24.6. The summed E-state index contributed by atoms with van der Waals surface area (Å²) < 4.78 is 5.79. The van der Waals surface area contributed by atoms with Gasteiger partial charge in [0.1, 0.15) is 24.4 Å². The van der Waals surface area contributed by atoms with Crippen molar-refractivity contribution < 1.29 is 23.9 Å². The molecular weight excluding hydrogens is 448 g/mol. The molecular formula is C26H24N4O5. The van der Waals surface area contributed by atoms with Gasteiger partial charge in [0, 0.05) is 6.54 Å². The standard InChI is InChI=1S/C26H24N4O5/c31-23(19-13-7-8-14-21(19)35-16-17-9-3-1-4-10-17)30-26(34)29-22(18-11-5-2-6-12-18)25(33)28-20-15-27-24(20)32/h1-14,20,22H,15-16H2,(H,27,32)(H,28,33)(H2,29,30,31,34). The molecule has 3 aromatic rings. The Hall–Kier alpha value is -4.66. The smallest absolute Gasteiger partial charge is 0.322 e. The lowest BCUT2D eigenvalue weighted by molar-refractivity contribution is -0.134. The van der Waals surface area contributed by atoms with Gasteiger partial charge in [-0.1, -0.05) is 72.8 Å². The van der Waals surface area contributed by atoms with E-state index in [0.717, 1.165) is 5.56 Å². The maximum Gasteiger partial charge on any atom is 0.322 e. The molecule has 4 N–H and O–H groups in total. The van der Waals surface area contributed by atoms with Crippen molar-refractivity contribution in [1.82, 2.24) is 21.3 Å². The second kappa shape index (κ2) is 11.0. The van der Waals surface area contributed by atoms with Crippen molar-refractivity contribution in [3.63, 3.8) is 0 Å². The minimum atomic E-state index is -1.11. The van der Waals surface area contributed by atoms with Gasteiger partial charge in [-0.2, -0.15) is 0 Å². The van der Waals surface area contributed by atoms with E-state index in [0.29, 0.717) is 17.9 Å². The van der Waals surface area contributed by atoms with Gasteiger partial charge >= 0.3 is 6.03 Å². The van der Waals surface area contributed by atoms with Crippen molar-refractivity contribution in [1.29, 1.82) is 0 Å². The summed E-state index contributed by atoms with van der Waals surface area (Å²) in [5.74, 6) is -1.23. The molecule has 35 heavy (non-hydrogen) atoms. The third kappa shape index (κ3) is 6.02. The first-order valence-electron chi connectivity index (χ1n) is 11.0. The summed E-state index contributed by atoms with van der Waals surface area (Å²) in [5, 5.41) is 9.92. The number of imide groups is 1. The van der Waals surface area contributed by atoms with Gasteiger partial charge in [0.05, 0.1) is 5.56 Å². The number of rotatable bonds is 8. The molecule has 1 heterocycles. The van der Waals surface area contributed by atoms with Crippen LogP contribution in [0.5, 0.6) is 5.75 Å². The first-order chi connectivity index (χ1) is 17.0. The third-order valence-corrected chi connectivity index (χ3v) is 5.38. The van der Waals surface area contributed by atoms with E-state index in [1.165, 1.54) is 0 Å². The van der Waals surface area contributed by atoms with Crippen molar-refractivity contribution in [2.75, 3.05) is 6.54 Å². The number of hydrogen-bond donors (Lipinski definition) is 4. The molecule has 178 valence electrons. The number of nitrogens with one attached hydrogen (secondary N) is 4. The van der Waals surface area contributed by atoms with Gasteiger partial charge in [-0.15, -0.1) is 0 Å². The van der Waals surface area contributed by atoms with Crippen LogP contribution in [0.3, 0.4) is 0 Å². The van der Waals surface area contributed by atoms with Crippen LogP contribution in [0, 0.1) is 0 Å². The molecule has 1 aliphatic heterocycles. The third-order valence-electron chi connectivity index (χ3n) is 5.38. The molecule has 0 bridgehead atoms. The highest BCUT2D eigenvalue weighted by Gasteiger charge is 2.32. The van der Waals surface area contributed by atoms with Crippen molar-refractivity contribution in [3.05, 3.63) is 102 Å². The van der Waals surface area contributed by atoms with E-state index in [1.54, 1.807) is 54.6 Å². The fourth-order valence-corrected chi connectivity index (χ4v) is 3.46. The molecule has 0 aliphatic carbocycles. The molecule has 0 aromatic heterocycles. The van der Waals surface area contributed by atoms with Crippen LogP contribution in [0.15, 0.2) is 84.9 Å². The quantitative estimate of drug-likeness (QED) is 0.374. The van der Waals surface area contributed by atoms with Crippen LogP contribution in [-0.4, -0.2) is 36.3 Å². The van der Waals surface area contributed by atoms with Crippen molar-refractivity contribution in [3.8, 4) is 5.75 Å².